The maximum Gasteiger partial charge on any atom is 0.343 e. The number of halogens is 1. The molecule has 0 heterocycles. The van der Waals surface area contributed by atoms with Crippen LogP contribution in [-0.2, 0) is 4.74 Å². The van der Waals surface area contributed by atoms with E-state index in [9.17, 15) is 19.7 Å². The van der Waals surface area contributed by atoms with E-state index in [0.29, 0.717) is 10.0 Å². The topological polar surface area (TPSA) is 95.7 Å². The number of ether oxygens (including phenoxy) is 2. The first-order valence-corrected chi connectivity index (χ1v) is 7.65. The standard InChI is InChI=1S/C16H12BrNO6/c1-2-23-15(19)11-5-8-14(13(17)9-11)24-16(20)10-3-6-12(7-4-10)18(21)22/h3-9H,2H2,1H3. The van der Waals surface area contributed by atoms with Gasteiger partial charge in [0.25, 0.3) is 5.69 Å². The molecule has 0 aliphatic carbocycles. The summed E-state index contributed by atoms with van der Waals surface area (Å²) < 4.78 is 10.5. The van der Waals surface area contributed by atoms with Crippen LogP contribution in [0.2, 0.25) is 0 Å². The molecule has 0 fully saturated rings. The van der Waals surface area contributed by atoms with E-state index in [0.717, 1.165) is 0 Å². The molecule has 0 saturated carbocycles. The molecule has 7 nitrogen and oxygen atoms in total. The van der Waals surface area contributed by atoms with Crippen molar-refractivity contribution in [2.24, 2.45) is 0 Å². The van der Waals surface area contributed by atoms with E-state index >= 15 is 0 Å². The van der Waals surface area contributed by atoms with Gasteiger partial charge >= 0.3 is 11.9 Å². The number of esters is 2. The summed E-state index contributed by atoms with van der Waals surface area (Å²) in [4.78, 5) is 33.7. The molecule has 124 valence electrons. The average molecular weight is 394 g/mol. The fourth-order valence-corrected chi connectivity index (χ4v) is 2.26. The van der Waals surface area contributed by atoms with E-state index in [4.69, 9.17) is 9.47 Å². The minimum Gasteiger partial charge on any atom is -0.462 e. The average Bonchev–Trinajstić information content (AvgIpc) is 2.56. The van der Waals surface area contributed by atoms with Gasteiger partial charge in [0.15, 0.2) is 0 Å². The molecule has 0 atom stereocenters. The van der Waals surface area contributed by atoms with Crippen molar-refractivity contribution in [3.63, 3.8) is 0 Å². The number of rotatable bonds is 5. The zero-order valence-corrected chi connectivity index (χ0v) is 14.1. The third-order valence-corrected chi connectivity index (χ3v) is 3.58. The van der Waals surface area contributed by atoms with Crippen LogP contribution in [0.4, 0.5) is 5.69 Å². The van der Waals surface area contributed by atoms with E-state index in [1.807, 2.05) is 0 Å². The van der Waals surface area contributed by atoms with E-state index in [1.54, 1.807) is 6.92 Å². The number of nitrogens with zero attached hydrogens (tertiary/aromatic N) is 1. The Kier molecular flexibility index (Phi) is 5.64. The molecule has 0 bridgehead atoms. The molecule has 0 saturated heterocycles. The second-order valence-electron chi connectivity index (χ2n) is 4.56. The van der Waals surface area contributed by atoms with Crippen LogP contribution in [0.15, 0.2) is 46.9 Å². The number of nitro benzene ring substituents is 1. The van der Waals surface area contributed by atoms with Gasteiger partial charge in [0.2, 0.25) is 0 Å². The Morgan fingerprint density at radius 3 is 2.25 bits per heavy atom. The van der Waals surface area contributed by atoms with Gasteiger partial charge in [-0.15, -0.1) is 0 Å². The maximum absolute atomic E-state index is 12.1. The molecule has 0 aliphatic heterocycles. The van der Waals surface area contributed by atoms with Gasteiger partial charge in [-0.3, -0.25) is 10.1 Å². The molecule has 8 heteroatoms. The van der Waals surface area contributed by atoms with Crippen molar-refractivity contribution in [3.8, 4) is 5.75 Å². The predicted octanol–water partition coefficient (Wildman–Crippen LogP) is 3.75. The van der Waals surface area contributed by atoms with Gasteiger partial charge in [0.1, 0.15) is 5.75 Å². The van der Waals surface area contributed by atoms with Gasteiger partial charge in [0, 0.05) is 12.1 Å². The zero-order valence-electron chi connectivity index (χ0n) is 12.5. The molecule has 2 aromatic carbocycles. The summed E-state index contributed by atoms with van der Waals surface area (Å²) in [5, 5.41) is 10.6. The van der Waals surface area contributed by atoms with Crippen LogP contribution >= 0.6 is 15.9 Å². The van der Waals surface area contributed by atoms with Crippen molar-refractivity contribution < 1.29 is 24.0 Å². The second-order valence-corrected chi connectivity index (χ2v) is 5.41. The molecule has 0 aliphatic rings. The first kappa shape index (κ1) is 17.6. The molecular formula is C16H12BrNO6. The van der Waals surface area contributed by atoms with Crippen molar-refractivity contribution in [3.05, 3.63) is 68.2 Å². The van der Waals surface area contributed by atoms with Gasteiger partial charge in [-0.1, -0.05) is 0 Å². The molecular weight excluding hydrogens is 382 g/mol. The molecule has 24 heavy (non-hydrogen) atoms. The molecule has 0 spiro atoms. The Labute approximate surface area is 145 Å². The third kappa shape index (κ3) is 4.17. The summed E-state index contributed by atoms with van der Waals surface area (Å²) in [5.41, 5.74) is 0.368. The third-order valence-electron chi connectivity index (χ3n) is 2.96. The van der Waals surface area contributed by atoms with Crippen LogP contribution in [0.25, 0.3) is 0 Å². The van der Waals surface area contributed by atoms with Crippen molar-refractivity contribution in [1.29, 1.82) is 0 Å². The minimum atomic E-state index is -0.672. The fraction of sp³-hybridized carbons (Fsp3) is 0.125. The van der Waals surface area contributed by atoms with Crippen LogP contribution in [0.1, 0.15) is 27.6 Å². The highest BCUT2D eigenvalue weighted by atomic mass is 79.9. The lowest BCUT2D eigenvalue weighted by Crippen LogP contribution is -2.10. The Morgan fingerprint density at radius 1 is 1.08 bits per heavy atom. The number of non-ortho nitro benzene ring substituents is 1. The fourth-order valence-electron chi connectivity index (χ4n) is 1.80. The molecule has 0 aromatic heterocycles. The molecule has 0 amide bonds. The zero-order chi connectivity index (χ0) is 17.7. The number of carbonyl (C=O) groups excluding carboxylic acids is 2. The minimum absolute atomic E-state index is 0.119. The van der Waals surface area contributed by atoms with Gasteiger partial charge in [-0.25, -0.2) is 9.59 Å². The lowest BCUT2D eigenvalue weighted by molar-refractivity contribution is -0.384. The highest BCUT2D eigenvalue weighted by Gasteiger charge is 2.15. The van der Waals surface area contributed by atoms with E-state index < -0.39 is 16.9 Å². The Balaban J connectivity index is 2.14. The van der Waals surface area contributed by atoms with E-state index in [1.165, 1.54) is 42.5 Å². The van der Waals surface area contributed by atoms with Gasteiger partial charge in [0.05, 0.1) is 27.1 Å². The maximum atomic E-state index is 12.1. The lowest BCUT2D eigenvalue weighted by atomic mass is 10.2. The number of hydrogen-bond acceptors (Lipinski definition) is 6. The summed E-state index contributed by atoms with van der Waals surface area (Å²) in [5.74, 6) is -0.938. The first-order valence-electron chi connectivity index (χ1n) is 6.85. The molecule has 0 N–H and O–H groups in total. The summed E-state index contributed by atoms with van der Waals surface area (Å²) in [6.07, 6.45) is 0. The summed E-state index contributed by atoms with van der Waals surface area (Å²) in [6, 6.07) is 9.46. The Bertz CT molecular complexity index is 788. The highest BCUT2D eigenvalue weighted by Crippen LogP contribution is 2.27. The van der Waals surface area contributed by atoms with Gasteiger partial charge < -0.3 is 9.47 Å². The molecule has 2 rings (SSSR count). The first-order chi connectivity index (χ1) is 11.4. The number of carbonyl (C=O) groups is 2. The van der Waals surface area contributed by atoms with Crippen molar-refractivity contribution in [2.45, 2.75) is 6.92 Å². The van der Waals surface area contributed by atoms with Crippen LogP contribution in [-0.4, -0.2) is 23.5 Å². The van der Waals surface area contributed by atoms with E-state index in [-0.39, 0.29) is 23.6 Å². The van der Waals surface area contributed by atoms with Gasteiger partial charge in [-0.05, 0) is 53.2 Å². The Hall–Kier alpha value is -2.74. The van der Waals surface area contributed by atoms with Crippen LogP contribution < -0.4 is 4.74 Å². The largest absolute Gasteiger partial charge is 0.462 e. The molecule has 2 aromatic rings. The van der Waals surface area contributed by atoms with Crippen molar-refractivity contribution in [2.75, 3.05) is 6.61 Å². The van der Waals surface area contributed by atoms with Crippen LogP contribution in [0.3, 0.4) is 0 Å². The van der Waals surface area contributed by atoms with E-state index in [2.05, 4.69) is 15.9 Å². The summed E-state index contributed by atoms with van der Waals surface area (Å²) >= 11 is 3.22. The quantitative estimate of drug-likeness (QED) is 0.332. The lowest BCUT2D eigenvalue weighted by Gasteiger charge is -2.08. The SMILES string of the molecule is CCOC(=O)c1ccc(OC(=O)c2ccc([N+](=O)[O-])cc2)c(Br)c1. The number of benzene rings is 2. The van der Waals surface area contributed by atoms with Crippen molar-refractivity contribution >= 4 is 33.6 Å². The van der Waals surface area contributed by atoms with Crippen LogP contribution in [0.5, 0.6) is 5.75 Å². The summed E-state index contributed by atoms with van der Waals surface area (Å²) in [6.45, 7) is 1.96. The number of nitro groups is 1. The predicted molar refractivity (Wildman–Crippen MR) is 88.2 cm³/mol. The highest BCUT2D eigenvalue weighted by molar-refractivity contribution is 9.10. The van der Waals surface area contributed by atoms with Crippen LogP contribution in [0, 0.1) is 10.1 Å². The Morgan fingerprint density at radius 2 is 1.71 bits per heavy atom. The van der Waals surface area contributed by atoms with Crippen molar-refractivity contribution in [1.82, 2.24) is 0 Å². The second kappa shape index (κ2) is 7.69. The molecule has 0 unspecified atom stereocenters. The molecule has 0 radical (unpaired) electrons. The summed E-state index contributed by atoms with van der Waals surface area (Å²) in [7, 11) is 0. The number of hydrogen-bond donors (Lipinski definition) is 0. The monoisotopic (exact) mass is 393 g/mol. The normalized spacial score (nSPS) is 10.1. The smallest absolute Gasteiger partial charge is 0.343 e. The van der Waals surface area contributed by atoms with Gasteiger partial charge in [-0.2, -0.15) is 0 Å².